The Morgan fingerprint density at radius 1 is 1.03 bits per heavy atom. The van der Waals surface area contributed by atoms with Crippen molar-refractivity contribution in [3.05, 3.63) is 94.5 Å². The first-order valence-electron chi connectivity index (χ1n) is 11.7. The molecule has 0 aliphatic carbocycles. The van der Waals surface area contributed by atoms with Crippen LogP contribution in [0.3, 0.4) is 0 Å². The Kier molecular flexibility index (Phi) is 9.25. The highest BCUT2D eigenvalue weighted by molar-refractivity contribution is 5.98. The lowest BCUT2D eigenvalue weighted by molar-refractivity contribution is -0.138. The van der Waals surface area contributed by atoms with E-state index in [9.17, 15) is 18.0 Å². The number of nitrogens with zero attached hydrogens (tertiary/aromatic N) is 1. The number of aryl methyl sites for hydroxylation is 1. The number of halogens is 3. The number of hydrogen-bond acceptors (Lipinski definition) is 4. The molecule has 2 N–H and O–H groups in total. The molecule has 0 bridgehead atoms. The fraction of sp³-hybridized carbons (Fsp3) is 0.286. The maximum Gasteiger partial charge on any atom is 0.417 e. The Balaban J connectivity index is 1.69. The van der Waals surface area contributed by atoms with E-state index in [4.69, 9.17) is 9.94 Å². The number of aliphatic carboxylic acids is 1. The zero-order chi connectivity index (χ0) is 26.1. The molecule has 0 fully saturated rings. The third-order valence-electron chi connectivity index (χ3n) is 5.74. The van der Waals surface area contributed by atoms with Gasteiger partial charge < -0.3 is 15.3 Å². The van der Waals surface area contributed by atoms with Crippen molar-refractivity contribution in [1.29, 1.82) is 0 Å². The predicted molar refractivity (Wildman–Crippen MR) is 134 cm³/mol. The number of hydrogen-bond donors (Lipinski definition) is 2. The number of rotatable bonds is 11. The van der Waals surface area contributed by atoms with E-state index >= 15 is 0 Å². The van der Waals surface area contributed by atoms with Gasteiger partial charge in [-0.2, -0.15) is 13.2 Å². The highest BCUT2D eigenvalue weighted by Crippen LogP contribution is 2.37. The fourth-order valence-corrected chi connectivity index (χ4v) is 3.81. The van der Waals surface area contributed by atoms with Crippen molar-refractivity contribution in [1.82, 2.24) is 5.32 Å². The summed E-state index contributed by atoms with van der Waals surface area (Å²) >= 11 is 0. The number of carboxylic acid groups (broad SMARTS) is 1. The van der Waals surface area contributed by atoms with Crippen molar-refractivity contribution in [3.63, 3.8) is 0 Å². The van der Waals surface area contributed by atoms with Crippen molar-refractivity contribution < 1.29 is 27.9 Å². The first-order valence-corrected chi connectivity index (χ1v) is 11.7. The van der Waals surface area contributed by atoms with E-state index < -0.39 is 17.7 Å². The van der Waals surface area contributed by atoms with Crippen LogP contribution in [0.5, 0.6) is 0 Å². The molecule has 0 radical (unpaired) electrons. The second kappa shape index (κ2) is 12.4. The minimum absolute atomic E-state index is 0.0576. The Bertz CT molecular complexity index is 1210. The van der Waals surface area contributed by atoms with Crippen molar-refractivity contribution in [2.45, 2.75) is 46.0 Å². The average molecular weight is 499 g/mol. The molecule has 36 heavy (non-hydrogen) atoms. The third-order valence-corrected chi connectivity index (χ3v) is 5.74. The Morgan fingerprint density at radius 3 is 2.44 bits per heavy atom. The summed E-state index contributed by atoms with van der Waals surface area (Å²) in [6, 6.07) is 18.5. The molecule has 0 saturated carbocycles. The summed E-state index contributed by atoms with van der Waals surface area (Å²) in [5.41, 5.74) is 3.89. The van der Waals surface area contributed by atoms with Gasteiger partial charge in [0.15, 0.2) is 0 Å². The molecule has 0 aliphatic rings. The van der Waals surface area contributed by atoms with Crippen LogP contribution in [0.4, 0.5) is 13.2 Å². The van der Waals surface area contributed by atoms with Gasteiger partial charge in [0, 0.05) is 13.1 Å². The van der Waals surface area contributed by atoms with Crippen LogP contribution < -0.4 is 5.32 Å². The molecule has 5 nitrogen and oxygen atoms in total. The third kappa shape index (κ3) is 7.42. The molecule has 8 heteroatoms. The number of carbonyl (C=O) groups is 1. The summed E-state index contributed by atoms with van der Waals surface area (Å²) in [5.74, 6) is -0.845. The van der Waals surface area contributed by atoms with Gasteiger partial charge in [-0.25, -0.2) is 0 Å². The Morgan fingerprint density at radius 2 is 1.78 bits per heavy atom. The number of benzene rings is 3. The van der Waals surface area contributed by atoms with Crippen molar-refractivity contribution >= 4 is 11.7 Å². The predicted octanol–water partition coefficient (Wildman–Crippen LogP) is 6.44. The summed E-state index contributed by atoms with van der Waals surface area (Å²) in [5, 5.41) is 16.0. The van der Waals surface area contributed by atoms with Gasteiger partial charge in [-0.05, 0) is 58.9 Å². The van der Waals surface area contributed by atoms with Gasteiger partial charge >= 0.3 is 12.1 Å². The molecular weight excluding hydrogens is 469 g/mol. The van der Waals surface area contributed by atoms with Crippen molar-refractivity contribution in [3.8, 4) is 11.1 Å². The molecule has 0 aliphatic heterocycles. The molecule has 0 heterocycles. The van der Waals surface area contributed by atoms with Gasteiger partial charge in [-0.1, -0.05) is 66.7 Å². The van der Waals surface area contributed by atoms with Crippen LogP contribution in [0.1, 0.15) is 48.1 Å². The summed E-state index contributed by atoms with van der Waals surface area (Å²) in [6.07, 6.45) is -3.66. The molecule has 3 aromatic carbocycles. The van der Waals surface area contributed by atoms with Crippen molar-refractivity contribution in [2.24, 2.45) is 5.16 Å². The largest absolute Gasteiger partial charge is 0.481 e. The monoisotopic (exact) mass is 498 g/mol. The van der Waals surface area contributed by atoms with Gasteiger partial charge in [-0.3, -0.25) is 4.79 Å². The maximum absolute atomic E-state index is 13.7. The van der Waals surface area contributed by atoms with Crippen LogP contribution in [0.2, 0.25) is 0 Å². The van der Waals surface area contributed by atoms with E-state index in [0.29, 0.717) is 29.9 Å². The van der Waals surface area contributed by atoms with Crippen LogP contribution in [0.15, 0.2) is 71.9 Å². The van der Waals surface area contributed by atoms with Crippen LogP contribution >= 0.6 is 0 Å². The molecule has 3 aromatic rings. The SMILES string of the molecule is CCc1cc(/C(C)=N/OCc2ccc(-c3ccccc3)c(C(F)(F)F)c2)ccc1CNCCC(=O)O. The Labute approximate surface area is 208 Å². The first-order chi connectivity index (χ1) is 17.2. The lowest BCUT2D eigenvalue weighted by Gasteiger charge is -2.15. The first kappa shape index (κ1) is 26.9. The summed E-state index contributed by atoms with van der Waals surface area (Å²) in [4.78, 5) is 16.1. The number of carboxylic acids is 1. The smallest absolute Gasteiger partial charge is 0.417 e. The van der Waals surface area contributed by atoms with Gasteiger partial charge in [0.05, 0.1) is 17.7 Å². The molecular formula is C28H29F3N2O3. The average Bonchev–Trinajstić information content (AvgIpc) is 2.86. The minimum Gasteiger partial charge on any atom is -0.481 e. The molecule has 190 valence electrons. The van der Waals surface area contributed by atoms with Crippen LogP contribution in [0.25, 0.3) is 11.1 Å². The van der Waals surface area contributed by atoms with Crippen molar-refractivity contribution in [2.75, 3.05) is 6.54 Å². The molecule has 0 saturated heterocycles. The van der Waals surface area contributed by atoms with Crippen LogP contribution in [-0.2, 0) is 35.4 Å². The van der Waals surface area contributed by atoms with Gasteiger partial charge in [0.2, 0.25) is 0 Å². The second-order valence-corrected chi connectivity index (χ2v) is 8.35. The lowest BCUT2D eigenvalue weighted by atomic mass is 9.97. The molecule has 0 spiro atoms. The van der Waals surface area contributed by atoms with Gasteiger partial charge in [-0.15, -0.1) is 0 Å². The molecule has 0 unspecified atom stereocenters. The topological polar surface area (TPSA) is 70.9 Å². The Hall–Kier alpha value is -3.65. The number of oxime groups is 1. The summed E-state index contributed by atoms with van der Waals surface area (Å²) in [6.45, 7) is 4.65. The highest BCUT2D eigenvalue weighted by atomic mass is 19.4. The maximum atomic E-state index is 13.7. The van der Waals surface area contributed by atoms with E-state index in [2.05, 4.69) is 10.5 Å². The van der Waals surface area contributed by atoms with Crippen LogP contribution in [0, 0.1) is 0 Å². The molecule has 0 atom stereocenters. The fourth-order valence-electron chi connectivity index (χ4n) is 3.81. The normalized spacial score (nSPS) is 12.0. The molecule has 0 amide bonds. The van der Waals surface area contributed by atoms with Gasteiger partial charge in [0.25, 0.3) is 0 Å². The van der Waals surface area contributed by atoms with E-state index in [-0.39, 0.29) is 18.6 Å². The second-order valence-electron chi connectivity index (χ2n) is 8.35. The van der Waals surface area contributed by atoms with E-state index in [1.807, 2.05) is 25.1 Å². The standard InChI is InChI=1S/C28H29F3N2O3/c1-3-21-16-23(10-11-24(21)17-32-14-13-27(34)35)19(2)33-36-18-20-9-12-25(22-7-5-4-6-8-22)26(15-20)28(29,30)31/h4-12,15-16,32H,3,13-14,17-18H2,1-2H3,(H,34,35)/b33-19+. The zero-order valence-electron chi connectivity index (χ0n) is 20.2. The summed E-state index contributed by atoms with van der Waals surface area (Å²) < 4.78 is 41.2. The summed E-state index contributed by atoms with van der Waals surface area (Å²) in [7, 11) is 0. The van der Waals surface area contributed by atoms with Gasteiger partial charge in [0.1, 0.15) is 6.61 Å². The molecule has 0 aromatic heterocycles. The van der Waals surface area contributed by atoms with E-state index in [0.717, 1.165) is 29.2 Å². The quantitative estimate of drug-likeness (QED) is 0.181. The number of alkyl halides is 3. The highest BCUT2D eigenvalue weighted by Gasteiger charge is 2.34. The zero-order valence-corrected chi connectivity index (χ0v) is 20.2. The minimum atomic E-state index is -4.50. The lowest BCUT2D eigenvalue weighted by Crippen LogP contribution is -2.18. The molecule has 3 rings (SSSR count). The van der Waals surface area contributed by atoms with Crippen LogP contribution in [-0.4, -0.2) is 23.3 Å². The number of nitrogens with one attached hydrogen (secondary N) is 1. The van der Waals surface area contributed by atoms with E-state index in [1.165, 1.54) is 6.07 Å². The van der Waals surface area contributed by atoms with E-state index in [1.54, 1.807) is 43.3 Å².